The molecule has 7 rings (SSSR count). The summed E-state index contributed by atoms with van der Waals surface area (Å²) in [7, 11) is 0. The smallest absolute Gasteiger partial charge is 0.171 e. The number of carbonyl (C=O) groups is 3. The van der Waals surface area contributed by atoms with Crippen molar-refractivity contribution in [2.24, 2.45) is 17.3 Å². The molecule has 0 aromatic heterocycles. The minimum absolute atomic E-state index is 0.0285. The van der Waals surface area contributed by atoms with E-state index in [1.165, 1.54) is 0 Å². The maximum absolute atomic E-state index is 14.0. The van der Waals surface area contributed by atoms with Crippen molar-refractivity contribution in [1.82, 2.24) is 0 Å². The fourth-order valence-corrected chi connectivity index (χ4v) is 6.94. The van der Waals surface area contributed by atoms with E-state index in [9.17, 15) is 14.4 Å². The molecular weight excluding hydrogens is 376 g/mol. The van der Waals surface area contributed by atoms with Crippen LogP contribution in [0.5, 0.6) is 0 Å². The van der Waals surface area contributed by atoms with Gasteiger partial charge in [0.15, 0.2) is 17.3 Å². The van der Waals surface area contributed by atoms with Crippen molar-refractivity contribution >= 4 is 38.9 Å². The molecule has 148 valence electrons. The molecule has 4 aliphatic rings. The summed E-state index contributed by atoms with van der Waals surface area (Å²) >= 11 is 0. The summed E-state index contributed by atoms with van der Waals surface area (Å²) in [6.45, 7) is 1.91. The average Bonchev–Trinajstić information content (AvgIpc) is 3.16. The second kappa shape index (κ2) is 5.06. The Labute approximate surface area is 173 Å². The van der Waals surface area contributed by atoms with Crippen molar-refractivity contribution in [3.05, 3.63) is 59.7 Å². The Morgan fingerprint density at radius 1 is 0.867 bits per heavy atom. The third-order valence-electron chi connectivity index (χ3n) is 8.56. The van der Waals surface area contributed by atoms with Crippen molar-refractivity contribution in [2.45, 2.75) is 37.9 Å². The highest BCUT2D eigenvalue weighted by atomic mass is 16.5. The Morgan fingerprint density at radius 3 is 2.40 bits per heavy atom. The van der Waals surface area contributed by atoms with Crippen LogP contribution in [-0.4, -0.2) is 29.1 Å². The molecule has 3 fully saturated rings. The van der Waals surface area contributed by atoms with Gasteiger partial charge in [-0.1, -0.05) is 55.0 Å². The molecule has 2 saturated heterocycles. The summed E-state index contributed by atoms with van der Waals surface area (Å²) in [6, 6.07) is 15.8. The zero-order valence-corrected chi connectivity index (χ0v) is 16.6. The predicted molar refractivity (Wildman–Crippen MR) is 112 cm³/mol. The maximum atomic E-state index is 14.0. The van der Waals surface area contributed by atoms with Crippen LogP contribution in [0, 0.1) is 17.3 Å². The molecule has 0 radical (unpaired) electrons. The summed E-state index contributed by atoms with van der Waals surface area (Å²) in [4.78, 5) is 40.7. The normalized spacial score (nSPS) is 33.2. The molecule has 3 aromatic carbocycles. The van der Waals surface area contributed by atoms with Crippen LogP contribution in [0.2, 0.25) is 0 Å². The van der Waals surface area contributed by atoms with Crippen LogP contribution >= 0.6 is 0 Å². The number of rotatable bonds is 0. The lowest BCUT2D eigenvalue weighted by Crippen LogP contribution is -2.63. The number of fused-ring (bicyclic) bond motifs is 11. The van der Waals surface area contributed by atoms with Crippen LogP contribution in [0.1, 0.15) is 46.9 Å². The first-order valence-electron chi connectivity index (χ1n) is 10.7. The van der Waals surface area contributed by atoms with Crippen LogP contribution in [0.25, 0.3) is 21.5 Å². The highest BCUT2D eigenvalue weighted by Gasteiger charge is 2.78. The number of carbonyl (C=O) groups excluding carboxylic acids is 3. The maximum Gasteiger partial charge on any atom is 0.171 e. The van der Waals surface area contributed by atoms with Gasteiger partial charge in [-0.15, -0.1) is 0 Å². The van der Waals surface area contributed by atoms with Gasteiger partial charge in [-0.25, -0.2) is 0 Å². The molecule has 2 aliphatic heterocycles. The number of Topliss-reactive ketones (excluding diaryl/α,β-unsaturated/α-hetero) is 3. The van der Waals surface area contributed by atoms with E-state index in [1.54, 1.807) is 6.07 Å². The van der Waals surface area contributed by atoms with Crippen LogP contribution in [-0.2, 0) is 9.53 Å². The molecule has 4 heteroatoms. The SMILES string of the molecule is CC12OC(C(=O)C13CCC3)C1C(=O)c3ccc4c(ccc5ccccc54)c3C(=O)C12. The van der Waals surface area contributed by atoms with Crippen molar-refractivity contribution in [3.8, 4) is 0 Å². The molecule has 1 spiro atoms. The Morgan fingerprint density at radius 2 is 1.63 bits per heavy atom. The number of hydrogen-bond donors (Lipinski definition) is 0. The third-order valence-corrected chi connectivity index (χ3v) is 8.56. The standard InChI is InChI=1S/C26H20O4/c1-25-20-19(23(30-25)24(29)26(25)11-4-12-26)21(27)17-10-9-15-14-6-3-2-5-13(14)7-8-16(15)18(17)22(20)28/h2-3,5-10,19-20,23H,4,11-12H2,1H3. The average molecular weight is 396 g/mol. The molecule has 3 aromatic rings. The van der Waals surface area contributed by atoms with E-state index < -0.39 is 29.0 Å². The Hall–Kier alpha value is -2.85. The van der Waals surface area contributed by atoms with E-state index >= 15 is 0 Å². The van der Waals surface area contributed by atoms with Gasteiger partial charge in [-0.05, 0) is 41.3 Å². The third kappa shape index (κ3) is 1.59. The van der Waals surface area contributed by atoms with Gasteiger partial charge in [0.2, 0.25) is 0 Å². The van der Waals surface area contributed by atoms with E-state index in [0.29, 0.717) is 11.1 Å². The molecule has 2 bridgehead atoms. The van der Waals surface area contributed by atoms with Crippen LogP contribution < -0.4 is 0 Å². The first-order valence-corrected chi connectivity index (χ1v) is 10.7. The Kier molecular flexibility index (Phi) is 2.85. The molecular formula is C26H20O4. The number of benzene rings is 3. The van der Waals surface area contributed by atoms with Crippen molar-refractivity contribution in [1.29, 1.82) is 0 Å². The highest BCUT2D eigenvalue weighted by Crippen LogP contribution is 2.67. The fraction of sp³-hybridized carbons (Fsp3) is 0.346. The van der Waals surface area contributed by atoms with Gasteiger partial charge in [0.25, 0.3) is 0 Å². The van der Waals surface area contributed by atoms with Crippen LogP contribution in [0.15, 0.2) is 48.5 Å². The van der Waals surface area contributed by atoms with Gasteiger partial charge in [-0.3, -0.25) is 14.4 Å². The minimum Gasteiger partial charge on any atom is -0.362 e. The lowest BCUT2D eigenvalue weighted by Gasteiger charge is -2.52. The second-order valence-corrected chi connectivity index (χ2v) is 9.55. The van der Waals surface area contributed by atoms with E-state index in [0.717, 1.165) is 40.8 Å². The number of hydrogen-bond acceptors (Lipinski definition) is 4. The zero-order chi connectivity index (χ0) is 20.4. The van der Waals surface area contributed by atoms with E-state index in [1.807, 2.05) is 49.4 Å². The van der Waals surface area contributed by atoms with E-state index in [2.05, 4.69) is 0 Å². The summed E-state index contributed by atoms with van der Waals surface area (Å²) < 4.78 is 6.24. The Balaban J connectivity index is 1.51. The molecule has 4 nitrogen and oxygen atoms in total. The molecule has 2 aliphatic carbocycles. The van der Waals surface area contributed by atoms with Gasteiger partial charge in [0.1, 0.15) is 6.10 Å². The van der Waals surface area contributed by atoms with Crippen LogP contribution in [0.3, 0.4) is 0 Å². The quantitative estimate of drug-likeness (QED) is 0.525. The lowest BCUT2D eigenvalue weighted by atomic mass is 9.47. The largest absolute Gasteiger partial charge is 0.362 e. The summed E-state index contributed by atoms with van der Waals surface area (Å²) in [5, 5.41) is 3.98. The molecule has 0 amide bonds. The molecule has 2 heterocycles. The monoisotopic (exact) mass is 396 g/mol. The topological polar surface area (TPSA) is 60.4 Å². The highest BCUT2D eigenvalue weighted by molar-refractivity contribution is 6.26. The van der Waals surface area contributed by atoms with E-state index in [4.69, 9.17) is 4.74 Å². The van der Waals surface area contributed by atoms with Crippen molar-refractivity contribution < 1.29 is 19.1 Å². The molecule has 0 N–H and O–H groups in total. The predicted octanol–water partition coefficient (Wildman–Crippen LogP) is 4.51. The summed E-state index contributed by atoms with van der Waals surface area (Å²) in [5.74, 6) is -1.33. The minimum atomic E-state index is -0.874. The molecule has 4 atom stereocenters. The van der Waals surface area contributed by atoms with Gasteiger partial charge < -0.3 is 4.74 Å². The van der Waals surface area contributed by atoms with Crippen molar-refractivity contribution in [2.75, 3.05) is 0 Å². The van der Waals surface area contributed by atoms with Gasteiger partial charge in [0, 0.05) is 11.1 Å². The fourth-order valence-electron chi connectivity index (χ4n) is 6.94. The molecule has 1 saturated carbocycles. The van der Waals surface area contributed by atoms with Gasteiger partial charge >= 0.3 is 0 Å². The van der Waals surface area contributed by atoms with Gasteiger partial charge in [0.05, 0.1) is 22.9 Å². The number of ketones is 3. The van der Waals surface area contributed by atoms with Crippen molar-refractivity contribution in [3.63, 3.8) is 0 Å². The number of ether oxygens (including phenoxy) is 1. The van der Waals surface area contributed by atoms with Crippen LogP contribution in [0.4, 0.5) is 0 Å². The summed E-state index contributed by atoms with van der Waals surface area (Å²) in [5.41, 5.74) is -0.493. The molecule has 4 unspecified atom stereocenters. The van der Waals surface area contributed by atoms with Gasteiger partial charge in [-0.2, -0.15) is 0 Å². The summed E-state index contributed by atoms with van der Waals surface area (Å²) in [6.07, 6.45) is 1.73. The Bertz CT molecular complexity index is 1350. The first kappa shape index (κ1) is 16.9. The zero-order valence-electron chi connectivity index (χ0n) is 16.6. The van der Waals surface area contributed by atoms with E-state index in [-0.39, 0.29) is 17.3 Å². The molecule has 30 heavy (non-hydrogen) atoms. The second-order valence-electron chi connectivity index (χ2n) is 9.55. The lowest BCUT2D eigenvalue weighted by molar-refractivity contribution is -0.141. The first-order chi connectivity index (χ1) is 14.5.